The topological polar surface area (TPSA) is 131 Å². The molecule has 0 aliphatic carbocycles. The summed E-state index contributed by atoms with van der Waals surface area (Å²) in [6, 6.07) is 0. The summed E-state index contributed by atoms with van der Waals surface area (Å²) in [5.41, 5.74) is 0. The van der Waals surface area contributed by atoms with Crippen LogP contribution in [0.5, 0.6) is 0 Å². The van der Waals surface area contributed by atoms with Gasteiger partial charge in [-0.05, 0) is 0 Å². The smallest absolute Gasteiger partial charge is 0.184 e. The zero-order chi connectivity index (χ0) is 10.2. The average molecular weight is 196 g/mol. The van der Waals surface area contributed by atoms with Crippen LogP contribution in [0.25, 0.3) is 0 Å². The Morgan fingerprint density at radius 2 is 1.38 bits per heavy atom. The van der Waals surface area contributed by atoms with Crippen LogP contribution in [0.4, 0.5) is 0 Å². The molecule has 7 nitrogen and oxygen atoms in total. The molecule has 0 amide bonds. The molecule has 13 heavy (non-hydrogen) atoms. The van der Waals surface area contributed by atoms with Crippen molar-refractivity contribution in [1.82, 2.24) is 0 Å². The number of ether oxygens (including phenoxy) is 1. The average Bonchev–Trinajstić information content (AvgIpc) is 2.07. The molecule has 0 spiro atoms. The molecule has 78 valence electrons. The lowest BCUT2D eigenvalue weighted by molar-refractivity contribution is -0.317. The van der Waals surface area contributed by atoms with Crippen molar-refractivity contribution in [2.75, 3.05) is 0 Å². The Balaban J connectivity index is 2.70. The molecule has 0 bridgehead atoms. The van der Waals surface area contributed by atoms with Crippen molar-refractivity contribution in [3.63, 3.8) is 0 Å². The maximum atomic E-state index is 9.13. The predicted molar refractivity (Wildman–Crippen MR) is 37.1 cm³/mol. The van der Waals surface area contributed by atoms with E-state index in [1.165, 1.54) is 0 Å². The first-order valence-electron chi connectivity index (χ1n) is 3.69. The molecule has 5 atom stereocenters. The highest BCUT2D eigenvalue weighted by atomic mass is 16.7. The van der Waals surface area contributed by atoms with Gasteiger partial charge in [-0.1, -0.05) is 0 Å². The number of hydrogen-bond donors (Lipinski definition) is 6. The third-order valence-corrected chi connectivity index (χ3v) is 1.92. The fourth-order valence-corrected chi connectivity index (χ4v) is 1.13. The zero-order valence-corrected chi connectivity index (χ0v) is 6.56. The van der Waals surface area contributed by atoms with Crippen LogP contribution >= 0.6 is 0 Å². The van der Waals surface area contributed by atoms with Crippen LogP contribution in [-0.4, -0.2) is 67.6 Å². The van der Waals surface area contributed by atoms with Crippen molar-refractivity contribution in [2.24, 2.45) is 0 Å². The Morgan fingerprint density at radius 1 is 0.846 bits per heavy atom. The van der Waals surface area contributed by atoms with E-state index < -0.39 is 37.0 Å². The van der Waals surface area contributed by atoms with Crippen LogP contribution in [-0.2, 0) is 4.74 Å². The van der Waals surface area contributed by atoms with E-state index in [-0.39, 0.29) is 0 Å². The molecule has 6 N–H and O–H groups in total. The standard InChI is InChI=1S/C6H12O7/c7-1-2(8)4(5(10)11)13-6(12)3(1)9/h1-12H/t1-,2-,3+,4-,6+/m0/s1. The molecule has 0 saturated carbocycles. The Hall–Kier alpha value is -0.280. The number of hydrogen-bond acceptors (Lipinski definition) is 7. The van der Waals surface area contributed by atoms with Gasteiger partial charge in [0.05, 0.1) is 0 Å². The highest BCUT2D eigenvalue weighted by Crippen LogP contribution is 2.21. The summed E-state index contributed by atoms with van der Waals surface area (Å²) in [6.45, 7) is 0. The normalized spacial score (nSPS) is 46.8. The molecule has 1 fully saturated rings. The monoisotopic (exact) mass is 196 g/mol. The third-order valence-electron chi connectivity index (χ3n) is 1.92. The molecule has 0 aromatic heterocycles. The van der Waals surface area contributed by atoms with Crippen LogP contribution in [0, 0.1) is 0 Å². The molecular weight excluding hydrogens is 184 g/mol. The van der Waals surface area contributed by atoms with E-state index in [9.17, 15) is 0 Å². The molecule has 1 aliphatic heterocycles. The van der Waals surface area contributed by atoms with Gasteiger partial charge in [0, 0.05) is 0 Å². The van der Waals surface area contributed by atoms with Crippen molar-refractivity contribution in [3.05, 3.63) is 0 Å². The molecule has 1 saturated heterocycles. The molecule has 7 heteroatoms. The van der Waals surface area contributed by atoms with Crippen LogP contribution in [0.3, 0.4) is 0 Å². The van der Waals surface area contributed by atoms with Crippen molar-refractivity contribution in [3.8, 4) is 0 Å². The second-order valence-electron chi connectivity index (χ2n) is 2.88. The minimum Gasteiger partial charge on any atom is -0.387 e. The van der Waals surface area contributed by atoms with Crippen molar-refractivity contribution < 1.29 is 35.4 Å². The molecular formula is C6H12O7. The summed E-state index contributed by atoms with van der Waals surface area (Å²) in [7, 11) is 0. The summed E-state index contributed by atoms with van der Waals surface area (Å²) < 4.78 is 4.44. The Kier molecular flexibility index (Phi) is 3.19. The van der Waals surface area contributed by atoms with Gasteiger partial charge in [-0.15, -0.1) is 0 Å². The van der Waals surface area contributed by atoms with E-state index in [1.807, 2.05) is 0 Å². The van der Waals surface area contributed by atoms with Crippen molar-refractivity contribution in [2.45, 2.75) is 37.0 Å². The van der Waals surface area contributed by atoms with Gasteiger partial charge in [0.25, 0.3) is 0 Å². The third kappa shape index (κ3) is 1.97. The van der Waals surface area contributed by atoms with Crippen LogP contribution in [0.1, 0.15) is 0 Å². The number of aliphatic hydroxyl groups excluding tert-OH is 5. The van der Waals surface area contributed by atoms with Gasteiger partial charge in [-0.2, -0.15) is 0 Å². The second-order valence-corrected chi connectivity index (χ2v) is 2.88. The second kappa shape index (κ2) is 3.84. The molecule has 1 aliphatic rings. The summed E-state index contributed by atoms with van der Waals surface area (Å²) in [6.07, 6.45) is -10.3. The maximum Gasteiger partial charge on any atom is 0.184 e. The summed E-state index contributed by atoms with van der Waals surface area (Å²) >= 11 is 0. The summed E-state index contributed by atoms with van der Waals surface area (Å²) in [4.78, 5) is 0. The highest BCUT2D eigenvalue weighted by molar-refractivity contribution is 4.89. The molecule has 1 rings (SSSR count). The lowest BCUT2D eigenvalue weighted by Gasteiger charge is -2.38. The fraction of sp³-hybridized carbons (Fsp3) is 1.00. The van der Waals surface area contributed by atoms with Crippen LogP contribution in [0.2, 0.25) is 0 Å². The quantitative estimate of drug-likeness (QED) is 0.236. The minimum absolute atomic E-state index is 1.53. The molecule has 0 radical (unpaired) electrons. The van der Waals surface area contributed by atoms with E-state index in [0.717, 1.165) is 0 Å². The van der Waals surface area contributed by atoms with Gasteiger partial charge in [0.1, 0.15) is 24.4 Å². The van der Waals surface area contributed by atoms with E-state index >= 15 is 0 Å². The first-order chi connectivity index (χ1) is 5.95. The van der Waals surface area contributed by atoms with Crippen LogP contribution in [0.15, 0.2) is 0 Å². The van der Waals surface area contributed by atoms with Crippen molar-refractivity contribution >= 4 is 0 Å². The lowest BCUT2D eigenvalue weighted by atomic mass is 9.99. The predicted octanol–water partition coefficient (Wildman–Crippen LogP) is -3.90. The van der Waals surface area contributed by atoms with E-state index in [4.69, 9.17) is 30.6 Å². The molecule has 1 heterocycles. The van der Waals surface area contributed by atoms with Gasteiger partial charge in [-0.3, -0.25) is 0 Å². The van der Waals surface area contributed by atoms with Crippen LogP contribution < -0.4 is 0 Å². The molecule has 0 unspecified atom stereocenters. The van der Waals surface area contributed by atoms with Gasteiger partial charge in [-0.25, -0.2) is 0 Å². The number of aliphatic hydroxyl groups is 6. The number of rotatable bonds is 1. The Bertz CT molecular complexity index is 172. The van der Waals surface area contributed by atoms with E-state index in [0.29, 0.717) is 0 Å². The van der Waals surface area contributed by atoms with E-state index in [1.54, 1.807) is 0 Å². The Morgan fingerprint density at radius 3 is 1.85 bits per heavy atom. The minimum atomic E-state index is -2.04. The first kappa shape index (κ1) is 10.8. The van der Waals surface area contributed by atoms with Crippen molar-refractivity contribution in [1.29, 1.82) is 0 Å². The van der Waals surface area contributed by atoms with Gasteiger partial charge >= 0.3 is 0 Å². The van der Waals surface area contributed by atoms with Gasteiger partial charge in [0.15, 0.2) is 12.6 Å². The van der Waals surface area contributed by atoms with Gasteiger partial charge < -0.3 is 35.4 Å². The van der Waals surface area contributed by atoms with Gasteiger partial charge in [0.2, 0.25) is 0 Å². The zero-order valence-electron chi connectivity index (χ0n) is 6.56. The lowest BCUT2D eigenvalue weighted by Crippen LogP contribution is -2.60. The maximum absolute atomic E-state index is 9.13. The summed E-state index contributed by atoms with van der Waals surface area (Å²) in [5.74, 6) is 0. The summed E-state index contributed by atoms with van der Waals surface area (Å²) in [5, 5.41) is 53.4. The molecule has 0 aromatic carbocycles. The fourth-order valence-electron chi connectivity index (χ4n) is 1.13. The Labute approximate surface area is 73.4 Å². The highest BCUT2D eigenvalue weighted by Gasteiger charge is 2.45. The largest absolute Gasteiger partial charge is 0.387 e. The molecule has 0 aromatic rings. The SMILES string of the molecule is OC(O)[C@H]1O[C@@H](O)[C@H](O)[C@@H](O)[C@@H]1O. The van der Waals surface area contributed by atoms with E-state index in [2.05, 4.69) is 4.74 Å². The first-order valence-corrected chi connectivity index (χ1v) is 3.69.